The molecule has 0 spiro atoms. The first kappa shape index (κ1) is 24.6. The van der Waals surface area contributed by atoms with Crippen molar-refractivity contribution in [1.82, 2.24) is 4.57 Å². The Kier molecular flexibility index (Phi) is 6.75. The molecule has 0 saturated heterocycles. The van der Waals surface area contributed by atoms with E-state index in [1.807, 2.05) is 24.3 Å². The fourth-order valence-corrected chi connectivity index (χ4v) is 5.05. The molecule has 188 valence electrons. The third-order valence-corrected chi connectivity index (χ3v) is 7.19. The smallest absolute Gasteiger partial charge is 0.347 e. The first-order chi connectivity index (χ1) is 17.8. The molecule has 4 aromatic carbocycles. The number of carboxylic acids is 1. The Morgan fingerprint density at radius 1 is 0.838 bits per heavy atom. The van der Waals surface area contributed by atoms with E-state index in [0.717, 1.165) is 25.8 Å². The number of aryl methyl sites for hydroxylation is 2. The molecule has 0 radical (unpaired) electrons. The summed E-state index contributed by atoms with van der Waals surface area (Å²) in [5.74, 6) is -0.409. The lowest BCUT2D eigenvalue weighted by Gasteiger charge is -2.21. The number of hydrogen-bond donors (Lipinski definition) is 1. The molecule has 5 rings (SSSR count). The van der Waals surface area contributed by atoms with Gasteiger partial charge in [-0.25, -0.2) is 4.79 Å². The minimum Gasteiger partial charge on any atom is -0.478 e. The predicted molar refractivity (Wildman–Crippen MR) is 151 cm³/mol. The summed E-state index contributed by atoms with van der Waals surface area (Å²) in [7, 11) is 0. The molecule has 1 N–H and O–H groups in total. The van der Waals surface area contributed by atoms with Crippen LogP contribution in [-0.2, 0) is 24.2 Å². The van der Waals surface area contributed by atoms with E-state index in [9.17, 15) is 9.90 Å². The first-order valence-corrected chi connectivity index (χ1v) is 12.9. The van der Waals surface area contributed by atoms with Crippen molar-refractivity contribution in [2.75, 3.05) is 0 Å². The Labute approximate surface area is 218 Å². The van der Waals surface area contributed by atoms with Crippen LogP contribution in [0.1, 0.15) is 42.7 Å². The van der Waals surface area contributed by atoms with Crippen LogP contribution in [-0.4, -0.2) is 21.2 Å². The second kappa shape index (κ2) is 10.1. The van der Waals surface area contributed by atoms with Crippen LogP contribution >= 0.6 is 0 Å². The topological polar surface area (TPSA) is 51.5 Å². The minimum absolute atomic E-state index is 0.571. The summed E-state index contributed by atoms with van der Waals surface area (Å²) in [4.78, 5) is 11.3. The van der Waals surface area contributed by atoms with Crippen LogP contribution in [0, 0.1) is 6.92 Å². The van der Waals surface area contributed by atoms with E-state index >= 15 is 0 Å². The zero-order chi connectivity index (χ0) is 26.0. The summed E-state index contributed by atoms with van der Waals surface area (Å²) in [6.07, 6.45) is 2.94. The summed E-state index contributed by atoms with van der Waals surface area (Å²) >= 11 is 0. The fraction of sp³-hybridized carbons (Fsp3) is 0.242. The molecule has 0 bridgehead atoms. The van der Waals surface area contributed by atoms with Crippen LogP contribution in [0.2, 0.25) is 0 Å². The van der Waals surface area contributed by atoms with Gasteiger partial charge >= 0.3 is 5.97 Å². The highest BCUT2D eigenvalue weighted by Crippen LogP contribution is 2.32. The average molecular weight is 492 g/mol. The first-order valence-electron chi connectivity index (χ1n) is 12.9. The summed E-state index contributed by atoms with van der Waals surface area (Å²) in [6.45, 7) is 6.22. The Hall–Kier alpha value is -4.05. The van der Waals surface area contributed by atoms with Gasteiger partial charge in [0, 0.05) is 23.1 Å². The third kappa shape index (κ3) is 5.24. The summed E-state index contributed by atoms with van der Waals surface area (Å²) in [5, 5.41) is 13.2. The standard InChI is InChI=1S/C33H33NO3/c1-23-29-20-26-13-7-8-14-27(26)21-31(29)34(22-25-10-5-4-6-11-25)30(23)15-9-12-24-16-18-28(19-17-24)37-33(2,3)32(35)36/h4-8,10-11,13-14,16-21H,9,12,15,22H2,1-3H3,(H,35,36). The molecule has 5 aromatic rings. The monoisotopic (exact) mass is 491 g/mol. The molecule has 0 amide bonds. The highest BCUT2D eigenvalue weighted by Gasteiger charge is 2.29. The highest BCUT2D eigenvalue weighted by molar-refractivity contribution is 5.99. The second-order valence-electron chi connectivity index (χ2n) is 10.3. The molecule has 4 nitrogen and oxygen atoms in total. The van der Waals surface area contributed by atoms with E-state index in [1.54, 1.807) is 13.8 Å². The van der Waals surface area contributed by atoms with Crippen molar-refractivity contribution in [3.05, 3.63) is 113 Å². The zero-order valence-corrected chi connectivity index (χ0v) is 21.7. The Bertz CT molecular complexity index is 1550. The van der Waals surface area contributed by atoms with Gasteiger partial charge < -0.3 is 14.4 Å². The summed E-state index contributed by atoms with van der Waals surface area (Å²) in [5.41, 5.74) is 5.30. The number of carboxylic acid groups (broad SMARTS) is 1. The van der Waals surface area contributed by atoms with Crippen molar-refractivity contribution in [1.29, 1.82) is 0 Å². The van der Waals surface area contributed by atoms with E-state index in [-0.39, 0.29) is 0 Å². The molecule has 1 heterocycles. The Balaban J connectivity index is 1.39. The number of hydrogen-bond acceptors (Lipinski definition) is 2. The molecule has 0 unspecified atom stereocenters. The van der Waals surface area contributed by atoms with Gasteiger partial charge in [-0.3, -0.25) is 0 Å². The molecule has 1 aromatic heterocycles. The second-order valence-corrected chi connectivity index (χ2v) is 10.3. The normalized spacial score (nSPS) is 11.8. The number of carbonyl (C=O) groups is 1. The maximum absolute atomic E-state index is 11.3. The zero-order valence-electron chi connectivity index (χ0n) is 21.7. The number of nitrogens with zero attached hydrogens (tertiary/aromatic N) is 1. The number of fused-ring (bicyclic) bond motifs is 2. The van der Waals surface area contributed by atoms with Gasteiger partial charge in [-0.15, -0.1) is 0 Å². The van der Waals surface area contributed by atoms with Crippen molar-refractivity contribution >= 4 is 27.6 Å². The quantitative estimate of drug-likeness (QED) is 0.231. The molecule has 0 aliphatic rings. The maximum Gasteiger partial charge on any atom is 0.347 e. The van der Waals surface area contributed by atoms with Crippen molar-refractivity contribution in [2.24, 2.45) is 0 Å². The van der Waals surface area contributed by atoms with Gasteiger partial charge in [-0.05, 0) is 91.8 Å². The lowest BCUT2D eigenvalue weighted by molar-refractivity contribution is -0.152. The Morgan fingerprint density at radius 3 is 2.16 bits per heavy atom. The number of aliphatic carboxylic acids is 1. The van der Waals surface area contributed by atoms with Crippen LogP contribution in [0.15, 0.2) is 91.0 Å². The van der Waals surface area contributed by atoms with Gasteiger partial charge in [0.25, 0.3) is 0 Å². The maximum atomic E-state index is 11.3. The molecule has 4 heteroatoms. The Morgan fingerprint density at radius 2 is 1.49 bits per heavy atom. The molecule has 0 saturated carbocycles. The predicted octanol–water partition coefficient (Wildman–Crippen LogP) is 7.57. The summed E-state index contributed by atoms with van der Waals surface area (Å²) < 4.78 is 8.14. The van der Waals surface area contributed by atoms with E-state index < -0.39 is 11.6 Å². The van der Waals surface area contributed by atoms with Crippen molar-refractivity contribution in [3.63, 3.8) is 0 Å². The number of benzene rings is 4. The lowest BCUT2D eigenvalue weighted by atomic mass is 10.0. The van der Waals surface area contributed by atoms with Crippen LogP contribution < -0.4 is 4.74 Å². The van der Waals surface area contributed by atoms with E-state index in [0.29, 0.717) is 5.75 Å². The molecule has 0 aliphatic heterocycles. The molecule has 0 fully saturated rings. The molecular weight excluding hydrogens is 458 g/mol. The molecular formula is C33H33NO3. The van der Waals surface area contributed by atoms with Gasteiger partial charge in [-0.1, -0.05) is 66.7 Å². The van der Waals surface area contributed by atoms with Gasteiger partial charge in [0.15, 0.2) is 5.60 Å². The van der Waals surface area contributed by atoms with Crippen LogP contribution in [0.3, 0.4) is 0 Å². The number of aromatic nitrogens is 1. The molecule has 37 heavy (non-hydrogen) atoms. The fourth-order valence-electron chi connectivity index (χ4n) is 5.05. The minimum atomic E-state index is -1.25. The number of rotatable bonds is 9. The molecule has 0 aliphatic carbocycles. The van der Waals surface area contributed by atoms with Gasteiger partial charge in [0.1, 0.15) is 5.75 Å². The molecule has 0 atom stereocenters. The lowest BCUT2D eigenvalue weighted by Crippen LogP contribution is -2.37. The number of ether oxygens (including phenoxy) is 1. The van der Waals surface area contributed by atoms with Crippen molar-refractivity contribution in [3.8, 4) is 5.75 Å². The summed E-state index contributed by atoms with van der Waals surface area (Å²) in [6, 6.07) is 31.7. The van der Waals surface area contributed by atoms with E-state index in [2.05, 4.69) is 78.2 Å². The van der Waals surface area contributed by atoms with Crippen LogP contribution in [0.4, 0.5) is 0 Å². The van der Waals surface area contributed by atoms with Gasteiger partial charge in [0.05, 0.1) is 0 Å². The van der Waals surface area contributed by atoms with Crippen LogP contribution in [0.25, 0.3) is 21.7 Å². The van der Waals surface area contributed by atoms with Crippen molar-refractivity contribution < 1.29 is 14.6 Å². The van der Waals surface area contributed by atoms with Gasteiger partial charge in [-0.2, -0.15) is 0 Å². The van der Waals surface area contributed by atoms with Gasteiger partial charge in [0.2, 0.25) is 0 Å². The van der Waals surface area contributed by atoms with E-state index in [1.165, 1.54) is 44.1 Å². The third-order valence-electron chi connectivity index (χ3n) is 7.19. The van der Waals surface area contributed by atoms with Crippen molar-refractivity contribution in [2.45, 2.75) is 52.2 Å². The van der Waals surface area contributed by atoms with Crippen LogP contribution in [0.5, 0.6) is 5.75 Å². The highest BCUT2D eigenvalue weighted by atomic mass is 16.5. The SMILES string of the molecule is Cc1c(CCCc2ccc(OC(C)(C)C(=O)O)cc2)n(Cc2ccccc2)c2cc3ccccc3cc12. The largest absolute Gasteiger partial charge is 0.478 e. The average Bonchev–Trinajstić information content (AvgIpc) is 3.14. The van der Waals surface area contributed by atoms with E-state index in [4.69, 9.17) is 4.74 Å².